The van der Waals surface area contributed by atoms with Gasteiger partial charge in [0.05, 0.1) is 17.7 Å². The third-order valence-electron chi connectivity index (χ3n) is 3.18. The largest absolute Gasteiger partial charge is 0.394 e. The van der Waals surface area contributed by atoms with E-state index in [1.54, 1.807) is 0 Å². The summed E-state index contributed by atoms with van der Waals surface area (Å²) in [4.78, 5) is 1.86. The number of piperazine rings is 1. The van der Waals surface area contributed by atoms with Gasteiger partial charge >= 0.3 is 0 Å². The molecule has 1 fully saturated rings. The molecule has 3 nitrogen and oxygen atoms in total. The topological polar surface area (TPSA) is 35.5 Å². The molecule has 1 saturated heterocycles. The first-order valence-electron chi connectivity index (χ1n) is 5.84. The Kier molecular flexibility index (Phi) is 4.50. The fraction of sp³-hybridized carbons (Fsp3) is 0.500. The lowest BCUT2D eigenvalue weighted by Gasteiger charge is -2.34. The third kappa shape index (κ3) is 2.64. The highest BCUT2D eigenvalue weighted by molar-refractivity contribution is 6.30. The summed E-state index contributed by atoms with van der Waals surface area (Å²) in [5.41, 5.74) is -0.146. The molecule has 0 amide bonds. The Labute approximate surface area is 109 Å². The summed E-state index contributed by atoms with van der Waals surface area (Å²) in [5, 5.41) is 12.5. The van der Waals surface area contributed by atoms with Gasteiger partial charge in [-0.1, -0.05) is 11.6 Å². The molecule has 0 spiro atoms. The van der Waals surface area contributed by atoms with Crippen molar-refractivity contribution in [2.24, 2.45) is 0 Å². The molecule has 1 atom stereocenters. The fourth-order valence-electron chi connectivity index (χ4n) is 2.23. The molecular formula is C12H15ClF2N2O. The van der Waals surface area contributed by atoms with Crippen LogP contribution in [0.4, 0.5) is 8.78 Å². The Morgan fingerprint density at radius 2 is 2.00 bits per heavy atom. The van der Waals surface area contributed by atoms with E-state index < -0.39 is 17.7 Å². The predicted molar refractivity (Wildman–Crippen MR) is 65.6 cm³/mol. The molecule has 0 bridgehead atoms. The van der Waals surface area contributed by atoms with E-state index in [0.29, 0.717) is 13.1 Å². The van der Waals surface area contributed by atoms with Gasteiger partial charge in [-0.25, -0.2) is 8.78 Å². The SMILES string of the molecule is OC[C@H](c1c(F)ccc(Cl)c1F)N1CCNCC1. The number of halogens is 3. The fourth-order valence-corrected chi connectivity index (χ4v) is 2.40. The van der Waals surface area contributed by atoms with Crippen LogP contribution in [0.5, 0.6) is 0 Å². The van der Waals surface area contributed by atoms with Gasteiger partial charge in [0, 0.05) is 31.7 Å². The highest BCUT2D eigenvalue weighted by Crippen LogP contribution is 2.29. The molecule has 0 saturated carbocycles. The van der Waals surface area contributed by atoms with E-state index in [2.05, 4.69) is 5.32 Å². The van der Waals surface area contributed by atoms with E-state index in [4.69, 9.17) is 11.6 Å². The summed E-state index contributed by atoms with van der Waals surface area (Å²) in [5.74, 6) is -1.45. The van der Waals surface area contributed by atoms with E-state index >= 15 is 0 Å². The van der Waals surface area contributed by atoms with Gasteiger partial charge in [0.25, 0.3) is 0 Å². The molecule has 1 aromatic rings. The number of nitrogens with zero attached hydrogens (tertiary/aromatic N) is 1. The van der Waals surface area contributed by atoms with E-state index in [-0.39, 0.29) is 17.2 Å². The van der Waals surface area contributed by atoms with E-state index in [9.17, 15) is 13.9 Å². The van der Waals surface area contributed by atoms with Gasteiger partial charge in [0.1, 0.15) is 11.6 Å². The van der Waals surface area contributed by atoms with Gasteiger partial charge in [-0.05, 0) is 12.1 Å². The molecule has 1 aliphatic rings. The summed E-state index contributed by atoms with van der Waals surface area (Å²) in [6, 6.07) is 1.62. The maximum atomic E-state index is 13.9. The minimum absolute atomic E-state index is 0.125. The van der Waals surface area contributed by atoms with Crippen LogP contribution in [0.3, 0.4) is 0 Å². The zero-order valence-electron chi connectivity index (χ0n) is 9.80. The molecule has 0 aromatic heterocycles. The first-order chi connectivity index (χ1) is 8.65. The molecule has 1 aliphatic heterocycles. The lowest BCUT2D eigenvalue weighted by molar-refractivity contribution is 0.105. The van der Waals surface area contributed by atoms with Crippen molar-refractivity contribution in [1.29, 1.82) is 0 Å². The molecule has 0 unspecified atom stereocenters. The Hall–Kier alpha value is -0.750. The van der Waals surface area contributed by atoms with Crippen molar-refractivity contribution in [1.82, 2.24) is 10.2 Å². The smallest absolute Gasteiger partial charge is 0.149 e. The molecule has 0 radical (unpaired) electrons. The number of rotatable bonds is 3. The Bertz CT molecular complexity index is 425. The lowest BCUT2D eigenvalue weighted by Crippen LogP contribution is -2.46. The predicted octanol–water partition coefficient (Wildman–Crippen LogP) is 1.56. The van der Waals surface area contributed by atoms with Crippen LogP contribution < -0.4 is 5.32 Å². The second-order valence-electron chi connectivity index (χ2n) is 4.24. The monoisotopic (exact) mass is 276 g/mol. The van der Waals surface area contributed by atoms with Crippen molar-refractivity contribution in [3.8, 4) is 0 Å². The second-order valence-corrected chi connectivity index (χ2v) is 4.65. The second kappa shape index (κ2) is 5.93. The summed E-state index contributed by atoms with van der Waals surface area (Å²) >= 11 is 5.67. The van der Waals surface area contributed by atoms with Crippen LogP contribution in [0.25, 0.3) is 0 Å². The Balaban J connectivity index is 2.34. The molecule has 0 aliphatic carbocycles. The number of benzene rings is 1. The number of aliphatic hydroxyl groups excluding tert-OH is 1. The average molecular weight is 277 g/mol. The minimum Gasteiger partial charge on any atom is -0.394 e. The zero-order chi connectivity index (χ0) is 13.1. The van der Waals surface area contributed by atoms with E-state index in [0.717, 1.165) is 19.2 Å². The van der Waals surface area contributed by atoms with Gasteiger partial charge < -0.3 is 10.4 Å². The molecule has 6 heteroatoms. The lowest BCUT2D eigenvalue weighted by atomic mass is 10.0. The highest BCUT2D eigenvalue weighted by Gasteiger charge is 2.27. The Morgan fingerprint density at radius 3 is 2.61 bits per heavy atom. The Morgan fingerprint density at radius 1 is 1.33 bits per heavy atom. The van der Waals surface area contributed by atoms with Gasteiger partial charge in [-0.3, -0.25) is 4.90 Å². The summed E-state index contributed by atoms with van der Waals surface area (Å²) in [6.07, 6.45) is 0. The molecule has 2 N–H and O–H groups in total. The van der Waals surface area contributed by atoms with Gasteiger partial charge in [-0.15, -0.1) is 0 Å². The van der Waals surface area contributed by atoms with Crippen molar-refractivity contribution >= 4 is 11.6 Å². The third-order valence-corrected chi connectivity index (χ3v) is 3.47. The van der Waals surface area contributed by atoms with Crippen molar-refractivity contribution in [3.05, 3.63) is 34.4 Å². The van der Waals surface area contributed by atoms with Gasteiger partial charge in [0.2, 0.25) is 0 Å². The van der Waals surface area contributed by atoms with Crippen LogP contribution in [0.1, 0.15) is 11.6 Å². The molecule has 100 valence electrons. The molecule has 1 heterocycles. The van der Waals surface area contributed by atoms with E-state index in [1.807, 2.05) is 4.90 Å². The van der Waals surface area contributed by atoms with Crippen molar-refractivity contribution in [2.45, 2.75) is 6.04 Å². The normalized spacial score (nSPS) is 18.9. The maximum Gasteiger partial charge on any atom is 0.149 e. The summed E-state index contributed by atoms with van der Waals surface area (Å²) < 4.78 is 27.7. The summed E-state index contributed by atoms with van der Waals surface area (Å²) in [7, 11) is 0. The van der Waals surface area contributed by atoms with Crippen molar-refractivity contribution in [2.75, 3.05) is 32.8 Å². The van der Waals surface area contributed by atoms with Crippen LogP contribution in [0.15, 0.2) is 12.1 Å². The molecule has 1 aromatic carbocycles. The van der Waals surface area contributed by atoms with Crippen molar-refractivity contribution in [3.63, 3.8) is 0 Å². The molecular weight excluding hydrogens is 262 g/mol. The number of nitrogens with one attached hydrogen (secondary N) is 1. The number of hydrogen-bond acceptors (Lipinski definition) is 3. The van der Waals surface area contributed by atoms with Gasteiger partial charge in [0.15, 0.2) is 0 Å². The van der Waals surface area contributed by atoms with Crippen molar-refractivity contribution < 1.29 is 13.9 Å². The average Bonchev–Trinajstić information content (AvgIpc) is 2.40. The van der Waals surface area contributed by atoms with E-state index in [1.165, 1.54) is 6.07 Å². The molecule has 18 heavy (non-hydrogen) atoms. The minimum atomic E-state index is -0.783. The quantitative estimate of drug-likeness (QED) is 0.823. The summed E-state index contributed by atoms with van der Waals surface area (Å²) in [6.45, 7) is 2.40. The standard InChI is InChI=1S/C12H15ClF2N2O/c13-8-1-2-9(14)11(12(8)15)10(7-18)17-5-3-16-4-6-17/h1-2,10,16,18H,3-7H2/t10-/m1/s1. The first-order valence-corrected chi connectivity index (χ1v) is 6.22. The number of hydrogen-bond donors (Lipinski definition) is 2. The van der Waals surface area contributed by atoms with Crippen LogP contribution in [0, 0.1) is 11.6 Å². The maximum absolute atomic E-state index is 13.9. The molecule has 2 rings (SSSR count). The van der Waals surface area contributed by atoms with Crippen LogP contribution in [-0.4, -0.2) is 42.8 Å². The zero-order valence-corrected chi connectivity index (χ0v) is 10.6. The first kappa shape index (κ1) is 13.7. The van der Waals surface area contributed by atoms with Crippen LogP contribution >= 0.6 is 11.6 Å². The van der Waals surface area contributed by atoms with Gasteiger partial charge in [-0.2, -0.15) is 0 Å². The van der Waals surface area contributed by atoms with Crippen LogP contribution in [0.2, 0.25) is 5.02 Å². The number of aliphatic hydroxyl groups is 1. The highest BCUT2D eigenvalue weighted by atomic mass is 35.5. The van der Waals surface area contributed by atoms with Crippen LogP contribution in [-0.2, 0) is 0 Å².